The highest BCUT2D eigenvalue weighted by Gasteiger charge is 2.55. The molecule has 2 amide bonds. The van der Waals surface area contributed by atoms with Crippen molar-refractivity contribution in [3.63, 3.8) is 0 Å². The van der Waals surface area contributed by atoms with Gasteiger partial charge in [-0.15, -0.1) is 0 Å². The summed E-state index contributed by atoms with van der Waals surface area (Å²) in [4.78, 5) is 26.0. The van der Waals surface area contributed by atoms with E-state index in [1.807, 2.05) is 0 Å². The van der Waals surface area contributed by atoms with E-state index >= 15 is 0 Å². The number of morpholine rings is 1. The molecule has 2 saturated carbocycles. The van der Waals surface area contributed by atoms with Crippen LogP contribution in [0, 0.1) is 5.41 Å². The molecule has 1 heterocycles. The Morgan fingerprint density at radius 2 is 1.96 bits per heavy atom. The Balaban J connectivity index is 1.40. The molecule has 0 radical (unpaired) electrons. The van der Waals surface area contributed by atoms with E-state index in [0.29, 0.717) is 25.4 Å². The molecule has 0 spiro atoms. The van der Waals surface area contributed by atoms with Gasteiger partial charge in [0, 0.05) is 25.7 Å². The summed E-state index contributed by atoms with van der Waals surface area (Å²) in [6.45, 7) is 3.32. The molecular formula is C17H29N3O3. The number of ether oxygens (including phenoxy) is 1. The molecule has 1 saturated heterocycles. The lowest BCUT2D eigenvalue weighted by Crippen LogP contribution is -2.49. The highest BCUT2D eigenvalue weighted by Crippen LogP contribution is 2.45. The van der Waals surface area contributed by atoms with Crippen LogP contribution in [0.4, 0.5) is 0 Å². The lowest BCUT2D eigenvalue weighted by molar-refractivity contribution is -0.135. The van der Waals surface area contributed by atoms with Crippen molar-refractivity contribution < 1.29 is 14.3 Å². The summed E-state index contributed by atoms with van der Waals surface area (Å²) in [5.41, 5.74) is 4.40. The lowest BCUT2D eigenvalue weighted by atomic mass is 9.93. The summed E-state index contributed by atoms with van der Waals surface area (Å²) >= 11 is 0. The second-order valence-electron chi connectivity index (χ2n) is 7.27. The van der Waals surface area contributed by atoms with Gasteiger partial charge in [-0.25, -0.2) is 0 Å². The number of amides is 2. The van der Waals surface area contributed by atoms with Gasteiger partial charge in [-0.1, -0.05) is 19.3 Å². The summed E-state index contributed by atoms with van der Waals surface area (Å²) in [5, 5.41) is 2.87. The Morgan fingerprint density at radius 3 is 2.61 bits per heavy atom. The number of nitrogens with zero attached hydrogens (tertiary/aromatic N) is 1. The van der Waals surface area contributed by atoms with Crippen LogP contribution >= 0.6 is 0 Å². The molecule has 6 nitrogen and oxygen atoms in total. The molecule has 0 unspecified atom stereocenters. The SMILES string of the molecule is NC(=O)C1(C(=O)NCC[C@H]2CN(C3CCCCC3)CCO2)CC1. The number of primary amides is 1. The number of carbonyl (C=O) groups is 2. The molecular weight excluding hydrogens is 294 g/mol. The second-order valence-corrected chi connectivity index (χ2v) is 7.27. The van der Waals surface area contributed by atoms with E-state index in [1.165, 1.54) is 32.1 Å². The van der Waals surface area contributed by atoms with Gasteiger partial charge in [-0.05, 0) is 32.1 Å². The monoisotopic (exact) mass is 323 g/mol. The van der Waals surface area contributed by atoms with E-state index in [4.69, 9.17) is 10.5 Å². The van der Waals surface area contributed by atoms with E-state index in [9.17, 15) is 9.59 Å². The Hall–Kier alpha value is -1.14. The van der Waals surface area contributed by atoms with E-state index in [2.05, 4.69) is 10.2 Å². The standard InChI is InChI=1S/C17H29N3O3/c18-15(21)17(7-8-17)16(22)19-9-6-14-12-20(10-11-23-14)13-4-2-1-3-5-13/h13-14H,1-12H2,(H2,18,21)(H,19,22)/t14-/m0/s1. The number of rotatable bonds is 6. The lowest BCUT2D eigenvalue weighted by Gasteiger charge is -2.40. The van der Waals surface area contributed by atoms with Crippen molar-refractivity contribution in [1.29, 1.82) is 0 Å². The summed E-state index contributed by atoms with van der Waals surface area (Å²) in [6.07, 6.45) is 8.83. The van der Waals surface area contributed by atoms with Crippen LogP contribution in [0.3, 0.4) is 0 Å². The minimum Gasteiger partial charge on any atom is -0.375 e. The highest BCUT2D eigenvalue weighted by molar-refractivity contribution is 6.07. The van der Waals surface area contributed by atoms with Crippen molar-refractivity contribution in [3.05, 3.63) is 0 Å². The third-order valence-corrected chi connectivity index (χ3v) is 5.67. The fourth-order valence-corrected chi connectivity index (χ4v) is 3.92. The molecule has 3 rings (SSSR count). The van der Waals surface area contributed by atoms with Gasteiger partial charge < -0.3 is 15.8 Å². The molecule has 1 aliphatic heterocycles. The Bertz CT molecular complexity index is 444. The zero-order chi connectivity index (χ0) is 16.3. The maximum Gasteiger partial charge on any atom is 0.235 e. The van der Waals surface area contributed by atoms with Gasteiger partial charge in [-0.3, -0.25) is 14.5 Å². The molecule has 6 heteroatoms. The van der Waals surface area contributed by atoms with Gasteiger partial charge >= 0.3 is 0 Å². The van der Waals surface area contributed by atoms with Crippen molar-refractivity contribution >= 4 is 11.8 Å². The Kier molecular flexibility index (Phi) is 5.21. The smallest absolute Gasteiger partial charge is 0.235 e. The van der Waals surface area contributed by atoms with Crippen LogP contribution in [-0.2, 0) is 14.3 Å². The van der Waals surface area contributed by atoms with Crippen LogP contribution in [0.1, 0.15) is 51.4 Å². The molecule has 1 atom stereocenters. The molecule has 0 aromatic heterocycles. The average molecular weight is 323 g/mol. The molecule has 3 aliphatic rings. The first-order chi connectivity index (χ1) is 11.1. The molecule has 130 valence electrons. The van der Waals surface area contributed by atoms with Crippen LogP contribution in [0.15, 0.2) is 0 Å². The van der Waals surface area contributed by atoms with Crippen LogP contribution in [-0.4, -0.2) is 55.1 Å². The summed E-state index contributed by atoms with van der Waals surface area (Å²) in [5.74, 6) is -0.697. The van der Waals surface area contributed by atoms with Gasteiger partial charge in [0.1, 0.15) is 5.41 Å². The van der Waals surface area contributed by atoms with Gasteiger partial charge in [-0.2, -0.15) is 0 Å². The molecule has 0 aromatic rings. The normalized spacial score (nSPS) is 28.3. The van der Waals surface area contributed by atoms with Crippen molar-refractivity contribution in [2.24, 2.45) is 11.1 Å². The quantitative estimate of drug-likeness (QED) is 0.708. The third-order valence-electron chi connectivity index (χ3n) is 5.67. The third kappa shape index (κ3) is 3.86. The Labute approximate surface area is 138 Å². The van der Waals surface area contributed by atoms with Crippen molar-refractivity contribution in [1.82, 2.24) is 10.2 Å². The number of nitrogens with one attached hydrogen (secondary N) is 1. The zero-order valence-electron chi connectivity index (χ0n) is 13.9. The van der Waals surface area contributed by atoms with E-state index in [-0.39, 0.29) is 12.0 Å². The molecule has 2 aliphatic carbocycles. The van der Waals surface area contributed by atoms with E-state index in [1.54, 1.807) is 0 Å². The largest absolute Gasteiger partial charge is 0.375 e. The minimum absolute atomic E-state index is 0.176. The van der Waals surface area contributed by atoms with Crippen LogP contribution in [0.25, 0.3) is 0 Å². The van der Waals surface area contributed by atoms with E-state index < -0.39 is 11.3 Å². The number of hydrogen-bond donors (Lipinski definition) is 2. The fraction of sp³-hybridized carbons (Fsp3) is 0.882. The maximum absolute atomic E-state index is 12.1. The van der Waals surface area contributed by atoms with Crippen LogP contribution in [0.5, 0.6) is 0 Å². The Morgan fingerprint density at radius 1 is 1.22 bits per heavy atom. The predicted molar refractivity (Wildman–Crippen MR) is 86.7 cm³/mol. The molecule has 0 aromatic carbocycles. The van der Waals surface area contributed by atoms with Gasteiger partial charge in [0.15, 0.2) is 0 Å². The first kappa shape index (κ1) is 16.7. The van der Waals surface area contributed by atoms with Crippen LogP contribution < -0.4 is 11.1 Å². The van der Waals surface area contributed by atoms with Crippen molar-refractivity contribution in [2.45, 2.75) is 63.5 Å². The first-order valence-electron chi connectivity index (χ1n) is 9.06. The topological polar surface area (TPSA) is 84.7 Å². The van der Waals surface area contributed by atoms with Gasteiger partial charge in [0.25, 0.3) is 0 Å². The molecule has 23 heavy (non-hydrogen) atoms. The molecule has 3 N–H and O–H groups in total. The van der Waals surface area contributed by atoms with Crippen molar-refractivity contribution in [3.8, 4) is 0 Å². The highest BCUT2D eigenvalue weighted by atomic mass is 16.5. The van der Waals surface area contributed by atoms with Crippen molar-refractivity contribution in [2.75, 3.05) is 26.2 Å². The zero-order valence-corrected chi connectivity index (χ0v) is 13.9. The molecule has 0 bridgehead atoms. The first-order valence-corrected chi connectivity index (χ1v) is 9.06. The van der Waals surface area contributed by atoms with E-state index in [0.717, 1.165) is 26.1 Å². The van der Waals surface area contributed by atoms with Crippen LogP contribution in [0.2, 0.25) is 0 Å². The number of nitrogens with two attached hydrogens (primary N) is 1. The minimum atomic E-state index is -0.915. The van der Waals surface area contributed by atoms with Gasteiger partial charge in [0.2, 0.25) is 11.8 Å². The summed E-state index contributed by atoms with van der Waals surface area (Å²) in [6, 6.07) is 0.717. The molecule has 3 fully saturated rings. The van der Waals surface area contributed by atoms with Gasteiger partial charge in [0.05, 0.1) is 12.7 Å². The second kappa shape index (κ2) is 7.18. The fourth-order valence-electron chi connectivity index (χ4n) is 3.92. The number of hydrogen-bond acceptors (Lipinski definition) is 4. The summed E-state index contributed by atoms with van der Waals surface area (Å²) < 4.78 is 5.84. The number of carbonyl (C=O) groups excluding carboxylic acids is 2. The summed E-state index contributed by atoms with van der Waals surface area (Å²) in [7, 11) is 0. The predicted octanol–water partition coefficient (Wildman–Crippen LogP) is 0.792. The average Bonchev–Trinajstić information content (AvgIpc) is 3.38. The maximum atomic E-state index is 12.1.